The molecule has 0 heterocycles. The van der Waals surface area contributed by atoms with Crippen LogP contribution >= 0.6 is 0 Å². The molecule has 0 aromatic carbocycles. The predicted molar refractivity (Wildman–Crippen MR) is 315 cm³/mol. The number of aliphatic carboxylic acids is 1. The highest BCUT2D eigenvalue weighted by Gasteiger charge is 2.22. The average molecular weight is 1050 g/mol. The van der Waals surface area contributed by atoms with Crippen molar-refractivity contribution in [1.29, 1.82) is 0 Å². The fourth-order valence-corrected chi connectivity index (χ4v) is 7.97. The topological polar surface area (TPSA) is 111 Å². The highest BCUT2D eigenvalue weighted by atomic mass is 16.7. The van der Waals surface area contributed by atoms with E-state index in [1.165, 1.54) is 103 Å². The van der Waals surface area contributed by atoms with Gasteiger partial charge in [-0.25, -0.2) is 0 Å². The van der Waals surface area contributed by atoms with E-state index in [1.807, 2.05) is 21.1 Å². The van der Waals surface area contributed by atoms with Crippen LogP contribution in [0.25, 0.3) is 0 Å². The van der Waals surface area contributed by atoms with Crippen molar-refractivity contribution in [3.63, 3.8) is 0 Å². The zero-order chi connectivity index (χ0) is 54.8. The minimum atomic E-state index is -1.64. The van der Waals surface area contributed by atoms with E-state index in [0.717, 1.165) is 96.3 Å². The maximum absolute atomic E-state index is 12.8. The fourth-order valence-electron chi connectivity index (χ4n) is 7.97. The molecule has 0 amide bonds. The Morgan fingerprint density at radius 3 is 1.08 bits per heavy atom. The van der Waals surface area contributed by atoms with E-state index in [9.17, 15) is 19.5 Å². The Balaban J connectivity index is 4.19. The van der Waals surface area contributed by atoms with Crippen molar-refractivity contribution < 1.29 is 42.9 Å². The molecular weight excluding hydrogens is 935 g/mol. The molecule has 9 heteroatoms. The first-order valence-corrected chi connectivity index (χ1v) is 30.0. The molecule has 0 spiro atoms. The SMILES string of the molecule is CC/C=C\C/C=C\C/C=C\C/C=C\C/C=C\CCCCCC(=O)OC(COC(=O)CCCCCCCCCCCCCCCCCCCC/C=C\C/C=C\C/C=C\C/C=C\CC)COC(OCC[N+](C)(C)C)C(=O)[O-]. The van der Waals surface area contributed by atoms with Gasteiger partial charge in [0.05, 0.1) is 40.3 Å². The van der Waals surface area contributed by atoms with Crippen molar-refractivity contribution in [2.75, 3.05) is 47.5 Å². The lowest BCUT2D eigenvalue weighted by atomic mass is 10.0. The molecule has 0 radical (unpaired) electrons. The smallest absolute Gasteiger partial charge is 0.306 e. The van der Waals surface area contributed by atoms with Crippen LogP contribution in [0, 0.1) is 0 Å². The molecule has 9 nitrogen and oxygen atoms in total. The van der Waals surface area contributed by atoms with Gasteiger partial charge in [-0.3, -0.25) is 9.59 Å². The highest BCUT2D eigenvalue weighted by molar-refractivity contribution is 5.70. The van der Waals surface area contributed by atoms with Crippen molar-refractivity contribution in [2.24, 2.45) is 0 Å². The second kappa shape index (κ2) is 56.2. The summed E-state index contributed by atoms with van der Waals surface area (Å²) in [7, 11) is 5.90. The normalized spacial score (nSPS) is 13.6. The van der Waals surface area contributed by atoms with E-state index in [0.29, 0.717) is 17.4 Å². The number of allylic oxidation sites excluding steroid dienone is 18. The lowest BCUT2D eigenvalue weighted by molar-refractivity contribution is -0.870. The molecule has 2 unspecified atom stereocenters. The third kappa shape index (κ3) is 57.5. The molecule has 0 bridgehead atoms. The van der Waals surface area contributed by atoms with Crippen LogP contribution in [0.4, 0.5) is 0 Å². The number of likely N-dealkylation sites (N-methyl/N-ethyl adjacent to an activating group) is 1. The second-order valence-corrected chi connectivity index (χ2v) is 20.9. The van der Waals surface area contributed by atoms with Crippen molar-refractivity contribution >= 4 is 17.9 Å². The van der Waals surface area contributed by atoms with Crippen LogP contribution in [0.5, 0.6) is 0 Å². The number of rotatable bonds is 54. The van der Waals surface area contributed by atoms with Gasteiger partial charge in [0.2, 0.25) is 0 Å². The van der Waals surface area contributed by atoms with Crippen molar-refractivity contribution in [3.8, 4) is 0 Å². The van der Waals surface area contributed by atoms with Crippen LogP contribution < -0.4 is 5.11 Å². The summed E-state index contributed by atoms with van der Waals surface area (Å²) >= 11 is 0. The van der Waals surface area contributed by atoms with Gasteiger partial charge in [-0.05, 0) is 96.3 Å². The molecular formula is C66H111NO8. The number of carboxylic acid groups (broad SMARTS) is 1. The number of esters is 2. The third-order valence-electron chi connectivity index (χ3n) is 12.5. The Morgan fingerprint density at radius 1 is 0.400 bits per heavy atom. The molecule has 0 fully saturated rings. The largest absolute Gasteiger partial charge is 0.545 e. The summed E-state index contributed by atoms with van der Waals surface area (Å²) < 4.78 is 22.7. The summed E-state index contributed by atoms with van der Waals surface area (Å²) in [6, 6.07) is 0. The van der Waals surface area contributed by atoms with Crippen LogP contribution in [0.3, 0.4) is 0 Å². The quantitative estimate of drug-likeness (QED) is 0.0195. The first-order valence-electron chi connectivity index (χ1n) is 30.0. The zero-order valence-electron chi connectivity index (χ0n) is 48.6. The molecule has 428 valence electrons. The van der Waals surface area contributed by atoms with Crippen LogP contribution in [0.2, 0.25) is 0 Å². The molecule has 0 aromatic rings. The molecule has 0 aliphatic rings. The van der Waals surface area contributed by atoms with E-state index < -0.39 is 24.3 Å². The van der Waals surface area contributed by atoms with Gasteiger partial charge in [0.25, 0.3) is 0 Å². The van der Waals surface area contributed by atoms with Gasteiger partial charge < -0.3 is 33.3 Å². The number of quaternary nitrogens is 1. The number of hydrogen-bond donors (Lipinski definition) is 0. The molecule has 0 aromatic heterocycles. The van der Waals surface area contributed by atoms with Crippen molar-refractivity contribution in [1.82, 2.24) is 0 Å². The number of carboxylic acids is 1. The maximum atomic E-state index is 12.8. The number of unbranched alkanes of at least 4 members (excludes halogenated alkanes) is 21. The maximum Gasteiger partial charge on any atom is 0.306 e. The minimum Gasteiger partial charge on any atom is -0.545 e. The van der Waals surface area contributed by atoms with Gasteiger partial charge in [0, 0.05) is 12.8 Å². The fraction of sp³-hybridized carbons (Fsp3) is 0.682. The van der Waals surface area contributed by atoms with Gasteiger partial charge in [0.15, 0.2) is 12.4 Å². The Bertz CT molecular complexity index is 1590. The number of hydrogen-bond acceptors (Lipinski definition) is 8. The monoisotopic (exact) mass is 1050 g/mol. The summed E-state index contributed by atoms with van der Waals surface area (Å²) in [5.74, 6) is -2.33. The summed E-state index contributed by atoms with van der Waals surface area (Å²) in [4.78, 5) is 37.3. The Labute approximate surface area is 460 Å². The Hall–Kier alpha value is -4.05. The van der Waals surface area contributed by atoms with Gasteiger partial charge >= 0.3 is 11.9 Å². The molecule has 0 rings (SSSR count). The second-order valence-electron chi connectivity index (χ2n) is 20.9. The van der Waals surface area contributed by atoms with Gasteiger partial charge in [-0.1, -0.05) is 232 Å². The van der Waals surface area contributed by atoms with Crippen LogP contribution in [-0.4, -0.2) is 82.3 Å². The van der Waals surface area contributed by atoms with E-state index in [4.69, 9.17) is 18.9 Å². The molecule has 0 aliphatic carbocycles. The number of carbonyl (C=O) groups excluding carboxylic acids is 3. The van der Waals surface area contributed by atoms with Gasteiger partial charge in [-0.15, -0.1) is 0 Å². The standard InChI is InChI=1S/C66H111NO8/c1-6-8-10-12-14-16-18-20-22-24-26-27-28-29-30-31-32-33-34-35-36-37-39-40-42-44-46-48-50-52-54-56-63(68)73-60-62(61-74-66(65(70)71)72-59-58-67(3,4)5)75-64(69)57-55-53-51-49-47-45-43-41-38-25-23-21-19-17-15-13-11-9-7-2/h8-11,14-17,20-23,26-27,38,41,45,47,62,66H,6-7,12-13,18-19,24-25,28-37,39-40,42-44,46,48-61H2,1-5H3/b10-8-,11-9-,16-14-,17-15-,22-20-,23-21-,27-26-,41-38-,47-45-. The van der Waals surface area contributed by atoms with Crippen LogP contribution in [-0.2, 0) is 33.3 Å². The zero-order valence-corrected chi connectivity index (χ0v) is 48.6. The Kier molecular flexibility index (Phi) is 53.1. The number of carbonyl (C=O) groups is 3. The predicted octanol–water partition coefficient (Wildman–Crippen LogP) is 16.6. The molecule has 0 saturated heterocycles. The van der Waals surface area contributed by atoms with Crippen LogP contribution in [0.15, 0.2) is 109 Å². The molecule has 0 N–H and O–H groups in total. The third-order valence-corrected chi connectivity index (χ3v) is 12.5. The minimum absolute atomic E-state index is 0.136. The lowest BCUT2D eigenvalue weighted by Crippen LogP contribution is -2.44. The average Bonchev–Trinajstić information content (AvgIpc) is 3.38. The highest BCUT2D eigenvalue weighted by Crippen LogP contribution is 2.16. The summed E-state index contributed by atoms with van der Waals surface area (Å²) in [5.41, 5.74) is 0. The molecule has 0 saturated carbocycles. The van der Waals surface area contributed by atoms with Crippen molar-refractivity contribution in [2.45, 2.75) is 245 Å². The summed E-state index contributed by atoms with van der Waals surface area (Å²) in [5, 5.41) is 11.8. The first kappa shape index (κ1) is 71.0. The van der Waals surface area contributed by atoms with Gasteiger partial charge in [0.1, 0.15) is 13.2 Å². The molecule has 0 aliphatic heterocycles. The Morgan fingerprint density at radius 2 is 0.720 bits per heavy atom. The van der Waals surface area contributed by atoms with E-state index >= 15 is 0 Å². The van der Waals surface area contributed by atoms with E-state index in [1.54, 1.807) is 0 Å². The van der Waals surface area contributed by atoms with Crippen molar-refractivity contribution in [3.05, 3.63) is 109 Å². The lowest BCUT2D eigenvalue weighted by Gasteiger charge is -2.26. The molecule has 75 heavy (non-hydrogen) atoms. The van der Waals surface area contributed by atoms with E-state index in [-0.39, 0.29) is 38.6 Å². The van der Waals surface area contributed by atoms with Gasteiger partial charge in [-0.2, -0.15) is 0 Å². The number of nitrogens with zero attached hydrogens (tertiary/aromatic N) is 1. The summed E-state index contributed by atoms with van der Waals surface area (Å²) in [6.45, 7) is 4.48. The van der Waals surface area contributed by atoms with E-state index in [2.05, 4.69) is 123 Å². The van der Waals surface area contributed by atoms with Crippen LogP contribution in [0.1, 0.15) is 232 Å². The first-order chi connectivity index (χ1) is 36.6. The number of ether oxygens (including phenoxy) is 4. The summed E-state index contributed by atoms with van der Waals surface area (Å²) in [6.07, 6.45) is 74.4. The molecule has 2 atom stereocenters.